The molecule has 2 aromatic carbocycles. The summed E-state index contributed by atoms with van der Waals surface area (Å²) in [6, 6.07) is 10.3. The highest BCUT2D eigenvalue weighted by Gasteiger charge is 2.12. The Balaban J connectivity index is 1.94. The highest BCUT2D eigenvalue weighted by atomic mass is 35.5. The zero-order valence-electron chi connectivity index (χ0n) is 10.4. The van der Waals surface area contributed by atoms with Crippen LogP contribution in [0, 0.1) is 0 Å². The minimum Gasteiger partial charge on any atom is -0.399 e. The molecule has 0 aliphatic rings. The van der Waals surface area contributed by atoms with Crippen LogP contribution in [0.25, 0.3) is 10.9 Å². The molecule has 0 fully saturated rings. The molecule has 20 heavy (non-hydrogen) atoms. The normalized spacial score (nSPS) is 10.7. The van der Waals surface area contributed by atoms with Crippen LogP contribution in [-0.2, 0) is 0 Å². The van der Waals surface area contributed by atoms with E-state index in [1.54, 1.807) is 30.5 Å². The first-order chi connectivity index (χ1) is 9.65. The van der Waals surface area contributed by atoms with Crippen LogP contribution in [0.1, 0.15) is 10.4 Å². The molecule has 0 aliphatic carbocycles. The van der Waals surface area contributed by atoms with Gasteiger partial charge in [0.15, 0.2) is 0 Å². The van der Waals surface area contributed by atoms with Gasteiger partial charge < -0.3 is 11.1 Å². The number of rotatable bonds is 2. The largest absolute Gasteiger partial charge is 0.399 e. The molecule has 0 aliphatic heterocycles. The Kier molecular flexibility index (Phi) is 3.04. The average molecular weight is 287 g/mol. The SMILES string of the molecule is Nc1ccc(C(=O)Nc2cccc3[nH]ncc23)c(Cl)c1. The molecule has 0 radical (unpaired) electrons. The third-order valence-corrected chi connectivity index (χ3v) is 3.28. The standard InChI is InChI=1S/C14H11ClN4O/c15-11-6-8(16)4-5-9(11)14(20)18-12-2-1-3-13-10(12)7-17-19-13/h1-7H,16H2,(H,17,19)(H,18,20). The van der Waals surface area contributed by atoms with E-state index in [1.807, 2.05) is 12.1 Å². The number of amides is 1. The number of hydrogen-bond donors (Lipinski definition) is 3. The summed E-state index contributed by atoms with van der Waals surface area (Å²) in [5, 5.41) is 10.8. The van der Waals surface area contributed by atoms with E-state index in [4.69, 9.17) is 17.3 Å². The first-order valence-corrected chi connectivity index (χ1v) is 6.31. The van der Waals surface area contributed by atoms with Gasteiger partial charge in [-0.05, 0) is 30.3 Å². The molecule has 0 spiro atoms. The van der Waals surface area contributed by atoms with E-state index in [2.05, 4.69) is 15.5 Å². The monoisotopic (exact) mass is 286 g/mol. The van der Waals surface area contributed by atoms with E-state index in [9.17, 15) is 4.79 Å². The smallest absolute Gasteiger partial charge is 0.257 e. The average Bonchev–Trinajstić information content (AvgIpc) is 2.87. The predicted octanol–water partition coefficient (Wildman–Crippen LogP) is 3.05. The minimum absolute atomic E-state index is 0.288. The lowest BCUT2D eigenvalue weighted by atomic mass is 10.1. The van der Waals surface area contributed by atoms with Crippen molar-refractivity contribution < 1.29 is 4.79 Å². The van der Waals surface area contributed by atoms with Gasteiger partial charge in [0.2, 0.25) is 0 Å². The molecule has 0 bridgehead atoms. The Labute approximate surface area is 119 Å². The number of nitrogens with one attached hydrogen (secondary N) is 2. The van der Waals surface area contributed by atoms with Crippen molar-refractivity contribution in [2.45, 2.75) is 0 Å². The molecule has 0 atom stereocenters. The molecule has 1 amide bonds. The summed E-state index contributed by atoms with van der Waals surface area (Å²) in [6.45, 7) is 0. The summed E-state index contributed by atoms with van der Waals surface area (Å²) in [5.41, 5.74) is 8.03. The van der Waals surface area contributed by atoms with Crippen molar-refractivity contribution in [3.63, 3.8) is 0 Å². The van der Waals surface area contributed by atoms with Gasteiger partial charge in [-0.3, -0.25) is 9.89 Å². The number of aromatic nitrogens is 2. The molecule has 0 unspecified atom stereocenters. The molecule has 3 aromatic rings. The number of hydrogen-bond acceptors (Lipinski definition) is 3. The number of aromatic amines is 1. The summed E-state index contributed by atoms with van der Waals surface area (Å²) in [5.74, 6) is -0.288. The Bertz CT molecular complexity index is 797. The topological polar surface area (TPSA) is 83.8 Å². The van der Waals surface area contributed by atoms with Crippen LogP contribution in [0.15, 0.2) is 42.6 Å². The highest BCUT2D eigenvalue weighted by molar-refractivity contribution is 6.34. The van der Waals surface area contributed by atoms with Crippen molar-refractivity contribution in [3.8, 4) is 0 Å². The van der Waals surface area contributed by atoms with Gasteiger partial charge in [0, 0.05) is 11.1 Å². The highest BCUT2D eigenvalue weighted by Crippen LogP contribution is 2.24. The molecule has 4 N–H and O–H groups in total. The van der Waals surface area contributed by atoms with Crippen LogP contribution in [0.5, 0.6) is 0 Å². The maximum Gasteiger partial charge on any atom is 0.257 e. The predicted molar refractivity (Wildman–Crippen MR) is 79.9 cm³/mol. The van der Waals surface area contributed by atoms with Gasteiger partial charge in [-0.15, -0.1) is 0 Å². The van der Waals surface area contributed by atoms with Crippen molar-refractivity contribution in [3.05, 3.63) is 53.2 Å². The summed E-state index contributed by atoms with van der Waals surface area (Å²) in [7, 11) is 0. The van der Waals surface area contributed by atoms with Crippen molar-refractivity contribution in [1.29, 1.82) is 0 Å². The molecular formula is C14H11ClN4O. The Morgan fingerprint density at radius 3 is 2.95 bits per heavy atom. The first kappa shape index (κ1) is 12.5. The first-order valence-electron chi connectivity index (χ1n) is 5.93. The second kappa shape index (κ2) is 4.86. The van der Waals surface area contributed by atoms with Gasteiger partial charge in [-0.2, -0.15) is 5.10 Å². The fraction of sp³-hybridized carbons (Fsp3) is 0. The lowest BCUT2D eigenvalue weighted by molar-refractivity contribution is 0.102. The number of carbonyl (C=O) groups excluding carboxylic acids is 1. The zero-order chi connectivity index (χ0) is 14.1. The van der Waals surface area contributed by atoms with Gasteiger partial charge in [0.05, 0.1) is 28.0 Å². The van der Waals surface area contributed by atoms with E-state index < -0.39 is 0 Å². The number of carbonyl (C=O) groups is 1. The van der Waals surface area contributed by atoms with E-state index in [0.29, 0.717) is 22.0 Å². The van der Waals surface area contributed by atoms with Crippen molar-refractivity contribution in [2.75, 3.05) is 11.1 Å². The van der Waals surface area contributed by atoms with Crippen LogP contribution in [0.4, 0.5) is 11.4 Å². The van der Waals surface area contributed by atoms with Gasteiger partial charge in [-0.25, -0.2) is 0 Å². The molecule has 100 valence electrons. The van der Waals surface area contributed by atoms with Crippen molar-refractivity contribution >= 4 is 39.8 Å². The fourth-order valence-corrected chi connectivity index (χ4v) is 2.26. The third kappa shape index (κ3) is 2.19. The second-order valence-corrected chi connectivity index (χ2v) is 4.74. The number of nitrogen functional groups attached to an aromatic ring is 1. The number of anilines is 2. The van der Waals surface area contributed by atoms with Crippen LogP contribution in [-0.4, -0.2) is 16.1 Å². The van der Waals surface area contributed by atoms with Crippen LogP contribution < -0.4 is 11.1 Å². The van der Waals surface area contributed by atoms with Gasteiger partial charge in [0.25, 0.3) is 5.91 Å². The van der Waals surface area contributed by atoms with Crippen LogP contribution in [0.2, 0.25) is 5.02 Å². The number of fused-ring (bicyclic) bond motifs is 1. The summed E-state index contributed by atoms with van der Waals surface area (Å²) in [4.78, 5) is 12.2. The van der Waals surface area contributed by atoms with Crippen molar-refractivity contribution in [1.82, 2.24) is 10.2 Å². The van der Waals surface area contributed by atoms with Gasteiger partial charge in [0.1, 0.15) is 0 Å². The van der Waals surface area contributed by atoms with Crippen LogP contribution in [0.3, 0.4) is 0 Å². The molecule has 1 aromatic heterocycles. The number of nitrogens with two attached hydrogens (primary N) is 1. The molecule has 0 saturated carbocycles. The molecular weight excluding hydrogens is 276 g/mol. The molecule has 3 rings (SSSR count). The quantitative estimate of drug-likeness (QED) is 0.633. The minimum atomic E-state index is -0.288. The number of nitrogens with zero attached hydrogens (tertiary/aromatic N) is 1. The summed E-state index contributed by atoms with van der Waals surface area (Å²) in [6.07, 6.45) is 1.66. The number of H-pyrrole nitrogens is 1. The van der Waals surface area contributed by atoms with Crippen molar-refractivity contribution in [2.24, 2.45) is 0 Å². The summed E-state index contributed by atoms with van der Waals surface area (Å²) >= 11 is 6.03. The maximum atomic E-state index is 12.2. The molecule has 0 saturated heterocycles. The van der Waals surface area contributed by atoms with Gasteiger partial charge >= 0.3 is 0 Å². The number of halogens is 1. The summed E-state index contributed by atoms with van der Waals surface area (Å²) < 4.78 is 0. The van der Waals surface area contributed by atoms with E-state index in [-0.39, 0.29) is 5.91 Å². The Morgan fingerprint density at radius 2 is 2.15 bits per heavy atom. The van der Waals surface area contributed by atoms with E-state index in [1.165, 1.54) is 0 Å². The number of benzene rings is 2. The van der Waals surface area contributed by atoms with Crippen LogP contribution >= 0.6 is 11.6 Å². The fourth-order valence-electron chi connectivity index (χ4n) is 1.98. The molecule has 1 heterocycles. The Hall–Kier alpha value is -2.53. The third-order valence-electron chi connectivity index (χ3n) is 2.97. The Morgan fingerprint density at radius 1 is 1.30 bits per heavy atom. The lowest BCUT2D eigenvalue weighted by Gasteiger charge is -2.08. The maximum absolute atomic E-state index is 12.2. The van der Waals surface area contributed by atoms with E-state index in [0.717, 1.165) is 10.9 Å². The molecule has 6 heteroatoms. The molecule has 5 nitrogen and oxygen atoms in total. The lowest BCUT2D eigenvalue weighted by Crippen LogP contribution is -2.12. The van der Waals surface area contributed by atoms with E-state index >= 15 is 0 Å². The second-order valence-electron chi connectivity index (χ2n) is 4.33. The van der Waals surface area contributed by atoms with Gasteiger partial charge in [-0.1, -0.05) is 17.7 Å². The zero-order valence-corrected chi connectivity index (χ0v) is 11.1.